The normalized spacial score (nSPS) is 11.2. The third-order valence-electron chi connectivity index (χ3n) is 3.73. The lowest BCUT2D eigenvalue weighted by molar-refractivity contribution is -0.123. The lowest BCUT2D eigenvalue weighted by atomic mass is 10.2. The molecule has 2 N–H and O–H groups in total. The summed E-state index contributed by atoms with van der Waals surface area (Å²) in [5.41, 5.74) is 4.01. The third-order valence-corrected chi connectivity index (χ3v) is 3.73. The van der Waals surface area contributed by atoms with Crippen molar-refractivity contribution < 1.29 is 4.79 Å². The maximum Gasteiger partial charge on any atom is 0.222 e. The van der Waals surface area contributed by atoms with Crippen LogP contribution in [0.1, 0.15) is 37.7 Å². The van der Waals surface area contributed by atoms with Crippen molar-refractivity contribution in [2.45, 2.75) is 41.0 Å². The quantitative estimate of drug-likeness (QED) is 0.802. The summed E-state index contributed by atoms with van der Waals surface area (Å²) < 4.78 is 1.84. The third kappa shape index (κ3) is 3.37. The van der Waals surface area contributed by atoms with E-state index in [1.54, 1.807) is 0 Å². The molecule has 6 nitrogen and oxygen atoms in total. The van der Waals surface area contributed by atoms with Gasteiger partial charge in [-0.1, -0.05) is 20.8 Å². The fourth-order valence-corrected chi connectivity index (χ4v) is 2.17. The van der Waals surface area contributed by atoms with Crippen LogP contribution in [0.15, 0.2) is 6.07 Å². The Balaban J connectivity index is 2.13. The molecule has 0 aromatic carbocycles. The molecule has 2 heterocycles. The number of rotatable bonds is 6. The van der Waals surface area contributed by atoms with Crippen molar-refractivity contribution in [3.63, 3.8) is 0 Å². The summed E-state index contributed by atoms with van der Waals surface area (Å²) in [5, 5.41) is 10.8. The Morgan fingerprint density at radius 3 is 2.68 bits per heavy atom. The summed E-state index contributed by atoms with van der Waals surface area (Å²) in [7, 11) is 0. The van der Waals surface area contributed by atoms with Crippen molar-refractivity contribution in [3.05, 3.63) is 23.0 Å². The van der Waals surface area contributed by atoms with Gasteiger partial charge in [0.05, 0.1) is 5.69 Å². The Bertz CT molecular complexity index is 675. The van der Waals surface area contributed by atoms with Crippen LogP contribution in [0.3, 0.4) is 0 Å². The van der Waals surface area contributed by atoms with E-state index in [4.69, 9.17) is 0 Å². The minimum atomic E-state index is 0.00995. The van der Waals surface area contributed by atoms with E-state index in [0.29, 0.717) is 13.1 Å². The SMILES string of the molecule is CCc1cc(NCCNC(=O)C(C)C)n2nc(C)c(C)c2n1. The molecule has 0 bridgehead atoms. The van der Waals surface area contributed by atoms with Crippen LogP contribution >= 0.6 is 0 Å². The maximum atomic E-state index is 11.5. The number of aromatic nitrogens is 3. The molecule has 22 heavy (non-hydrogen) atoms. The molecule has 2 rings (SSSR count). The van der Waals surface area contributed by atoms with Crippen LogP contribution < -0.4 is 10.6 Å². The average Bonchev–Trinajstić information content (AvgIpc) is 2.78. The standard InChI is InChI=1S/C16H25N5O/c1-6-13-9-14(17-7-8-18-16(22)10(2)3)21-15(19-13)11(4)12(5)20-21/h9-10,17H,6-8H2,1-5H3,(H,18,22). The van der Waals surface area contributed by atoms with E-state index >= 15 is 0 Å². The zero-order valence-corrected chi connectivity index (χ0v) is 14.0. The van der Waals surface area contributed by atoms with E-state index in [9.17, 15) is 4.79 Å². The van der Waals surface area contributed by atoms with Crippen LogP contribution in [-0.4, -0.2) is 33.6 Å². The molecule has 0 spiro atoms. The van der Waals surface area contributed by atoms with Gasteiger partial charge >= 0.3 is 0 Å². The summed E-state index contributed by atoms with van der Waals surface area (Å²) in [4.78, 5) is 16.2. The first-order valence-electron chi connectivity index (χ1n) is 7.81. The number of carbonyl (C=O) groups excluding carboxylic acids is 1. The van der Waals surface area contributed by atoms with E-state index < -0.39 is 0 Å². The van der Waals surface area contributed by atoms with E-state index in [0.717, 1.165) is 34.8 Å². The van der Waals surface area contributed by atoms with Gasteiger partial charge in [0.2, 0.25) is 5.91 Å². The van der Waals surface area contributed by atoms with Crippen LogP contribution in [0.2, 0.25) is 0 Å². The molecule has 6 heteroatoms. The highest BCUT2D eigenvalue weighted by Gasteiger charge is 2.11. The number of hydrogen-bond acceptors (Lipinski definition) is 4. The van der Waals surface area contributed by atoms with E-state index in [1.165, 1.54) is 0 Å². The number of amides is 1. The van der Waals surface area contributed by atoms with Gasteiger partial charge in [-0.15, -0.1) is 0 Å². The summed E-state index contributed by atoms with van der Waals surface area (Å²) in [6.07, 6.45) is 0.874. The van der Waals surface area contributed by atoms with Gasteiger partial charge in [0, 0.05) is 36.3 Å². The number of fused-ring (bicyclic) bond motifs is 1. The summed E-state index contributed by atoms with van der Waals surface area (Å²) in [6, 6.07) is 2.02. The highest BCUT2D eigenvalue weighted by Crippen LogP contribution is 2.18. The second kappa shape index (κ2) is 6.77. The zero-order valence-electron chi connectivity index (χ0n) is 14.0. The molecule has 2 aromatic rings. The molecule has 0 unspecified atom stereocenters. The minimum Gasteiger partial charge on any atom is -0.368 e. The van der Waals surface area contributed by atoms with Gasteiger partial charge in [0.1, 0.15) is 5.82 Å². The lowest BCUT2D eigenvalue weighted by Crippen LogP contribution is -2.32. The summed E-state index contributed by atoms with van der Waals surface area (Å²) in [5.74, 6) is 0.995. The van der Waals surface area contributed by atoms with Gasteiger partial charge < -0.3 is 10.6 Å². The molecule has 120 valence electrons. The first-order valence-corrected chi connectivity index (χ1v) is 7.81. The van der Waals surface area contributed by atoms with Gasteiger partial charge in [-0.25, -0.2) is 4.98 Å². The van der Waals surface area contributed by atoms with Crippen LogP contribution in [0.4, 0.5) is 5.82 Å². The topological polar surface area (TPSA) is 71.3 Å². The minimum absolute atomic E-state index is 0.00995. The number of hydrogen-bond donors (Lipinski definition) is 2. The van der Waals surface area contributed by atoms with Gasteiger partial charge in [0.25, 0.3) is 0 Å². The second-order valence-corrected chi connectivity index (χ2v) is 5.80. The van der Waals surface area contributed by atoms with Crippen molar-refractivity contribution in [1.29, 1.82) is 0 Å². The predicted octanol–water partition coefficient (Wildman–Crippen LogP) is 2.09. The molecular formula is C16H25N5O. The first-order chi connectivity index (χ1) is 10.4. The smallest absolute Gasteiger partial charge is 0.222 e. The fourth-order valence-electron chi connectivity index (χ4n) is 2.17. The lowest BCUT2D eigenvalue weighted by Gasteiger charge is -2.11. The molecular weight excluding hydrogens is 278 g/mol. The summed E-state index contributed by atoms with van der Waals surface area (Å²) in [6.45, 7) is 11.1. The highest BCUT2D eigenvalue weighted by atomic mass is 16.1. The van der Waals surface area contributed by atoms with Crippen LogP contribution in [0.25, 0.3) is 5.65 Å². The highest BCUT2D eigenvalue weighted by molar-refractivity contribution is 5.77. The largest absolute Gasteiger partial charge is 0.368 e. The van der Waals surface area contributed by atoms with Crippen molar-refractivity contribution >= 4 is 17.4 Å². The Kier molecular flexibility index (Phi) is 5.00. The first kappa shape index (κ1) is 16.3. The van der Waals surface area contributed by atoms with Crippen molar-refractivity contribution in [3.8, 4) is 0 Å². The number of nitrogens with one attached hydrogen (secondary N) is 2. The second-order valence-electron chi connectivity index (χ2n) is 5.80. The van der Waals surface area contributed by atoms with E-state index in [2.05, 4.69) is 27.6 Å². The molecule has 0 saturated carbocycles. The van der Waals surface area contributed by atoms with E-state index in [1.807, 2.05) is 38.3 Å². The van der Waals surface area contributed by atoms with Crippen LogP contribution in [0.5, 0.6) is 0 Å². The van der Waals surface area contributed by atoms with Crippen molar-refractivity contribution in [1.82, 2.24) is 19.9 Å². The van der Waals surface area contributed by atoms with Gasteiger partial charge in [-0.2, -0.15) is 9.61 Å². The molecule has 0 radical (unpaired) electrons. The molecule has 0 aliphatic heterocycles. The zero-order chi connectivity index (χ0) is 16.3. The average molecular weight is 303 g/mol. The monoisotopic (exact) mass is 303 g/mol. The Labute approximate surface area is 131 Å². The molecule has 1 amide bonds. The van der Waals surface area contributed by atoms with Crippen molar-refractivity contribution in [2.75, 3.05) is 18.4 Å². The Hall–Kier alpha value is -2.11. The Morgan fingerprint density at radius 2 is 2.05 bits per heavy atom. The number of aryl methyl sites for hydroxylation is 3. The molecule has 0 aliphatic rings. The van der Waals surface area contributed by atoms with Gasteiger partial charge in [-0.3, -0.25) is 4.79 Å². The molecule has 0 fully saturated rings. The molecule has 0 saturated heterocycles. The fraction of sp³-hybridized carbons (Fsp3) is 0.562. The molecule has 0 atom stereocenters. The van der Waals surface area contributed by atoms with Gasteiger partial charge in [-0.05, 0) is 20.3 Å². The molecule has 0 aliphatic carbocycles. The van der Waals surface area contributed by atoms with Crippen LogP contribution in [-0.2, 0) is 11.2 Å². The van der Waals surface area contributed by atoms with Gasteiger partial charge in [0.15, 0.2) is 5.65 Å². The van der Waals surface area contributed by atoms with E-state index in [-0.39, 0.29) is 11.8 Å². The van der Waals surface area contributed by atoms with Crippen molar-refractivity contribution in [2.24, 2.45) is 5.92 Å². The number of nitrogens with zero attached hydrogens (tertiary/aromatic N) is 3. The summed E-state index contributed by atoms with van der Waals surface area (Å²) >= 11 is 0. The molecule has 2 aromatic heterocycles. The number of anilines is 1. The number of carbonyl (C=O) groups is 1. The Morgan fingerprint density at radius 1 is 1.32 bits per heavy atom. The predicted molar refractivity (Wildman–Crippen MR) is 88.2 cm³/mol. The van der Waals surface area contributed by atoms with Crippen LogP contribution in [0, 0.1) is 19.8 Å². The maximum absolute atomic E-state index is 11.5.